The fourth-order valence-electron chi connectivity index (χ4n) is 4.55. The molecule has 1 heteroatoms. The topological polar surface area (TPSA) is 3.24 Å². The summed E-state index contributed by atoms with van der Waals surface area (Å²) in [4.78, 5) is 2.34. The van der Waals surface area contributed by atoms with Gasteiger partial charge in [0.15, 0.2) is 0 Å². The van der Waals surface area contributed by atoms with Crippen molar-refractivity contribution in [3.63, 3.8) is 0 Å². The van der Waals surface area contributed by atoms with Gasteiger partial charge in [-0.05, 0) is 67.4 Å². The molecular formula is C29H37N. The van der Waals surface area contributed by atoms with E-state index in [2.05, 4.69) is 118 Å². The van der Waals surface area contributed by atoms with E-state index in [-0.39, 0.29) is 0 Å². The van der Waals surface area contributed by atoms with Gasteiger partial charge in [0, 0.05) is 12.5 Å². The fourth-order valence-corrected chi connectivity index (χ4v) is 4.55. The molecule has 0 N–H and O–H groups in total. The highest BCUT2D eigenvalue weighted by Crippen LogP contribution is 2.31. The molecule has 0 heterocycles. The van der Waals surface area contributed by atoms with E-state index in [0.717, 1.165) is 25.8 Å². The zero-order valence-corrected chi connectivity index (χ0v) is 19.1. The third-order valence-electron chi connectivity index (χ3n) is 5.83. The number of nitrogens with zero attached hydrogens (tertiary/aromatic N) is 1. The molecule has 158 valence electrons. The monoisotopic (exact) mass is 399 g/mol. The van der Waals surface area contributed by atoms with E-state index in [1.807, 2.05) is 0 Å². The van der Waals surface area contributed by atoms with Crippen LogP contribution in [0, 0.1) is 11.8 Å². The second-order valence-electron chi connectivity index (χ2n) is 9.35. The molecule has 1 nitrogen and oxygen atoms in total. The highest BCUT2D eigenvalue weighted by atomic mass is 15.1. The average molecular weight is 400 g/mol. The lowest BCUT2D eigenvalue weighted by molar-refractivity contribution is 0.304. The number of rotatable bonds is 10. The maximum absolute atomic E-state index is 2.44. The van der Waals surface area contributed by atoms with Crippen LogP contribution in [0.2, 0.25) is 0 Å². The summed E-state index contributed by atoms with van der Waals surface area (Å²) in [7, 11) is 4.39. The van der Waals surface area contributed by atoms with E-state index in [1.165, 1.54) is 22.3 Å². The second-order valence-corrected chi connectivity index (χ2v) is 9.35. The molecule has 0 saturated carbocycles. The standard InChI is InChI=1S/C29H37N/c1-23(2)18-25-14-11-15-26(19-25)21-28(20-24-12-7-5-8-13-24)29(22-30(3)4)27-16-9-6-10-17-27/h5-17,19,23,28-29H,18,20-22H2,1-4H3/t28?,29-/m0/s1. The van der Waals surface area contributed by atoms with Gasteiger partial charge < -0.3 is 4.90 Å². The van der Waals surface area contributed by atoms with Crippen LogP contribution in [0.4, 0.5) is 0 Å². The fraction of sp³-hybridized carbons (Fsp3) is 0.379. The van der Waals surface area contributed by atoms with Crippen LogP contribution in [-0.2, 0) is 19.3 Å². The predicted octanol–water partition coefficient (Wildman–Crippen LogP) is 6.63. The van der Waals surface area contributed by atoms with Gasteiger partial charge in [-0.2, -0.15) is 0 Å². The van der Waals surface area contributed by atoms with Crippen LogP contribution in [0.5, 0.6) is 0 Å². The van der Waals surface area contributed by atoms with Crippen molar-refractivity contribution >= 4 is 0 Å². The lowest BCUT2D eigenvalue weighted by Crippen LogP contribution is -2.28. The molecule has 0 fully saturated rings. The Hall–Kier alpha value is -2.38. The van der Waals surface area contributed by atoms with Gasteiger partial charge in [0.2, 0.25) is 0 Å². The molecule has 3 aromatic rings. The predicted molar refractivity (Wildman–Crippen MR) is 130 cm³/mol. The number of hydrogen-bond donors (Lipinski definition) is 0. The number of benzene rings is 3. The summed E-state index contributed by atoms with van der Waals surface area (Å²) < 4.78 is 0. The van der Waals surface area contributed by atoms with E-state index in [9.17, 15) is 0 Å². The van der Waals surface area contributed by atoms with Crippen molar-refractivity contribution < 1.29 is 0 Å². The van der Waals surface area contributed by atoms with Crippen molar-refractivity contribution in [3.8, 4) is 0 Å². The first-order valence-corrected chi connectivity index (χ1v) is 11.3. The molecule has 0 aliphatic carbocycles. The van der Waals surface area contributed by atoms with Gasteiger partial charge in [0.05, 0.1) is 0 Å². The molecule has 0 aliphatic heterocycles. The Labute approximate surface area is 183 Å². The normalized spacial score (nSPS) is 13.5. The minimum atomic E-state index is 0.496. The molecule has 30 heavy (non-hydrogen) atoms. The Balaban J connectivity index is 1.92. The van der Waals surface area contributed by atoms with Gasteiger partial charge in [0.25, 0.3) is 0 Å². The summed E-state index contributed by atoms with van der Waals surface area (Å²) in [5, 5.41) is 0. The lowest BCUT2D eigenvalue weighted by atomic mass is 9.78. The smallest absolute Gasteiger partial charge is 0.00471 e. The Morgan fingerprint density at radius 1 is 0.633 bits per heavy atom. The Kier molecular flexibility index (Phi) is 8.28. The Bertz CT molecular complexity index is 867. The van der Waals surface area contributed by atoms with Crippen LogP contribution < -0.4 is 0 Å². The first-order valence-electron chi connectivity index (χ1n) is 11.3. The molecular weight excluding hydrogens is 362 g/mol. The summed E-state index contributed by atoms with van der Waals surface area (Å²) in [6, 6.07) is 31.4. The van der Waals surface area contributed by atoms with Gasteiger partial charge in [-0.1, -0.05) is 98.8 Å². The molecule has 0 radical (unpaired) electrons. The van der Waals surface area contributed by atoms with Gasteiger partial charge in [-0.15, -0.1) is 0 Å². The molecule has 0 spiro atoms. The largest absolute Gasteiger partial charge is 0.309 e. The third kappa shape index (κ3) is 6.85. The van der Waals surface area contributed by atoms with E-state index in [1.54, 1.807) is 0 Å². The Morgan fingerprint density at radius 3 is 1.77 bits per heavy atom. The first kappa shape index (κ1) is 22.3. The molecule has 0 aromatic heterocycles. The van der Waals surface area contributed by atoms with E-state index >= 15 is 0 Å². The minimum Gasteiger partial charge on any atom is -0.309 e. The zero-order chi connectivity index (χ0) is 21.3. The van der Waals surface area contributed by atoms with Crippen LogP contribution in [0.25, 0.3) is 0 Å². The lowest BCUT2D eigenvalue weighted by Gasteiger charge is -2.31. The molecule has 3 aromatic carbocycles. The number of likely N-dealkylation sites (N-methyl/N-ethyl adjacent to an activating group) is 1. The van der Waals surface area contributed by atoms with Crippen molar-refractivity contribution in [2.45, 2.75) is 39.0 Å². The third-order valence-corrected chi connectivity index (χ3v) is 5.83. The van der Waals surface area contributed by atoms with Crippen LogP contribution in [-0.4, -0.2) is 25.5 Å². The highest BCUT2D eigenvalue weighted by molar-refractivity contribution is 5.28. The second kappa shape index (κ2) is 11.1. The van der Waals surface area contributed by atoms with Crippen LogP contribution in [0.3, 0.4) is 0 Å². The van der Waals surface area contributed by atoms with Gasteiger partial charge in [-0.25, -0.2) is 0 Å². The molecule has 0 bridgehead atoms. The van der Waals surface area contributed by atoms with Gasteiger partial charge in [-0.3, -0.25) is 0 Å². The molecule has 2 atom stereocenters. The van der Waals surface area contributed by atoms with Crippen molar-refractivity contribution in [1.82, 2.24) is 4.90 Å². The zero-order valence-electron chi connectivity index (χ0n) is 19.1. The quantitative estimate of drug-likeness (QED) is 0.370. The SMILES string of the molecule is CC(C)Cc1cccc(CC(Cc2ccccc2)[C@@H](CN(C)C)c2ccccc2)c1. The summed E-state index contributed by atoms with van der Waals surface area (Å²) in [5.41, 5.74) is 5.81. The van der Waals surface area contributed by atoms with Crippen LogP contribution in [0.1, 0.15) is 42.0 Å². The van der Waals surface area contributed by atoms with E-state index in [0.29, 0.717) is 17.8 Å². The number of hydrogen-bond acceptors (Lipinski definition) is 1. The van der Waals surface area contributed by atoms with E-state index < -0.39 is 0 Å². The van der Waals surface area contributed by atoms with Crippen molar-refractivity contribution in [3.05, 3.63) is 107 Å². The first-order chi connectivity index (χ1) is 14.5. The summed E-state index contributed by atoms with van der Waals surface area (Å²) in [6.45, 7) is 5.66. The molecule has 0 aliphatic rings. The maximum atomic E-state index is 2.44. The Morgan fingerprint density at radius 2 is 1.17 bits per heavy atom. The molecule has 1 unspecified atom stereocenters. The van der Waals surface area contributed by atoms with Gasteiger partial charge >= 0.3 is 0 Å². The minimum absolute atomic E-state index is 0.496. The summed E-state index contributed by atoms with van der Waals surface area (Å²) >= 11 is 0. The van der Waals surface area contributed by atoms with E-state index in [4.69, 9.17) is 0 Å². The summed E-state index contributed by atoms with van der Waals surface area (Å²) in [5.74, 6) is 1.73. The van der Waals surface area contributed by atoms with Crippen molar-refractivity contribution in [1.29, 1.82) is 0 Å². The van der Waals surface area contributed by atoms with Crippen molar-refractivity contribution in [2.24, 2.45) is 11.8 Å². The van der Waals surface area contributed by atoms with Gasteiger partial charge in [0.1, 0.15) is 0 Å². The molecule has 3 rings (SSSR count). The maximum Gasteiger partial charge on any atom is 0.00471 e. The van der Waals surface area contributed by atoms with Crippen molar-refractivity contribution in [2.75, 3.05) is 20.6 Å². The van der Waals surface area contributed by atoms with Crippen LogP contribution >= 0.6 is 0 Å². The highest BCUT2D eigenvalue weighted by Gasteiger charge is 2.25. The molecule has 0 saturated heterocycles. The molecule has 0 amide bonds. The average Bonchev–Trinajstić information content (AvgIpc) is 2.73. The van der Waals surface area contributed by atoms with Crippen LogP contribution in [0.15, 0.2) is 84.9 Å². The summed E-state index contributed by atoms with van der Waals surface area (Å²) in [6.07, 6.45) is 3.36.